The van der Waals surface area contributed by atoms with Crippen molar-refractivity contribution in [1.29, 1.82) is 0 Å². The van der Waals surface area contributed by atoms with E-state index in [0.29, 0.717) is 5.57 Å². The maximum Gasteiger partial charge on any atom is 0.339 e. The van der Waals surface area contributed by atoms with E-state index in [9.17, 15) is 35.4 Å². The van der Waals surface area contributed by atoms with Gasteiger partial charge in [-0.3, -0.25) is 0 Å². The summed E-state index contributed by atoms with van der Waals surface area (Å²) in [4.78, 5) is 12.0. The fraction of sp³-hybridized carbons (Fsp3) is 0.706. The van der Waals surface area contributed by atoms with E-state index in [2.05, 4.69) is 4.74 Å². The summed E-state index contributed by atoms with van der Waals surface area (Å²) < 4.78 is 20.9. The van der Waals surface area contributed by atoms with E-state index in [1.807, 2.05) is 0 Å². The van der Waals surface area contributed by atoms with Crippen molar-refractivity contribution in [3.63, 3.8) is 0 Å². The third-order valence-corrected chi connectivity index (χ3v) is 5.38. The molecule has 158 valence electrons. The van der Waals surface area contributed by atoms with Crippen molar-refractivity contribution < 1.29 is 54.4 Å². The first-order chi connectivity index (χ1) is 13.2. The molecule has 0 spiro atoms. The van der Waals surface area contributed by atoms with Crippen LogP contribution in [0.4, 0.5) is 0 Å². The van der Waals surface area contributed by atoms with Crippen LogP contribution in [0.15, 0.2) is 23.5 Å². The van der Waals surface area contributed by atoms with Gasteiger partial charge in [-0.1, -0.05) is 11.6 Å². The summed E-state index contributed by atoms with van der Waals surface area (Å²) in [6.07, 6.45) is -8.18. The molecule has 11 nitrogen and oxygen atoms in total. The molecule has 11 heteroatoms. The molecule has 2 aliphatic heterocycles. The van der Waals surface area contributed by atoms with Crippen LogP contribution in [0.25, 0.3) is 0 Å². The second-order valence-electron chi connectivity index (χ2n) is 7.02. The molecule has 3 aliphatic rings. The van der Waals surface area contributed by atoms with Crippen LogP contribution in [0.1, 0.15) is 6.92 Å². The Kier molecular flexibility index (Phi) is 5.81. The minimum atomic E-state index is -2.10. The number of ether oxygens (including phenoxy) is 4. The summed E-state index contributed by atoms with van der Waals surface area (Å²) in [6, 6.07) is 0. The van der Waals surface area contributed by atoms with Gasteiger partial charge in [0, 0.05) is 0 Å². The maximum atomic E-state index is 12.0. The Hall–Kier alpha value is -1.57. The average molecular weight is 404 g/mol. The Morgan fingerprint density at radius 3 is 2.46 bits per heavy atom. The van der Waals surface area contributed by atoms with Crippen molar-refractivity contribution in [1.82, 2.24) is 0 Å². The van der Waals surface area contributed by atoms with E-state index in [-0.39, 0.29) is 5.57 Å². The van der Waals surface area contributed by atoms with Crippen molar-refractivity contribution in [2.75, 3.05) is 13.7 Å². The van der Waals surface area contributed by atoms with Crippen LogP contribution in [-0.4, -0.2) is 99.0 Å². The molecule has 2 heterocycles. The van der Waals surface area contributed by atoms with E-state index in [0.717, 1.165) is 13.4 Å². The lowest BCUT2D eigenvalue weighted by molar-refractivity contribution is -0.344. The van der Waals surface area contributed by atoms with Gasteiger partial charge in [0.15, 0.2) is 6.29 Å². The molecule has 1 fully saturated rings. The van der Waals surface area contributed by atoms with E-state index in [1.165, 1.54) is 6.08 Å². The molecule has 28 heavy (non-hydrogen) atoms. The lowest BCUT2D eigenvalue weighted by Gasteiger charge is -2.45. The molecular weight excluding hydrogens is 380 g/mol. The van der Waals surface area contributed by atoms with Gasteiger partial charge in [0.25, 0.3) is 0 Å². The lowest BCUT2D eigenvalue weighted by atomic mass is 9.78. The van der Waals surface area contributed by atoms with Crippen LogP contribution < -0.4 is 0 Å². The molecule has 0 aromatic rings. The van der Waals surface area contributed by atoms with Crippen LogP contribution >= 0.6 is 0 Å². The molecule has 0 amide bonds. The Balaban J connectivity index is 1.88. The van der Waals surface area contributed by atoms with Crippen molar-refractivity contribution in [3.05, 3.63) is 23.5 Å². The van der Waals surface area contributed by atoms with Crippen LogP contribution in [-0.2, 0) is 23.7 Å². The number of fused-ring (bicyclic) bond motifs is 1. The highest BCUT2D eigenvalue weighted by Gasteiger charge is 2.60. The first-order valence-corrected chi connectivity index (χ1v) is 8.65. The highest BCUT2D eigenvalue weighted by Crippen LogP contribution is 2.47. The molecule has 9 atom stereocenters. The maximum absolute atomic E-state index is 12.0. The van der Waals surface area contributed by atoms with Gasteiger partial charge >= 0.3 is 5.97 Å². The Morgan fingerprint density at radius 1 is 1.18 bits per heavy atom. The third kappa shape index (κ3) is 3.13. The molecule has 0 bridgehead atoms. The van der Waals surface area contributed by atoms with Gasteiger partial charge in [0.2, 0.25) is 6.29 Å². The highest BCUT2D eigenvalue weighted by atomic mass is 16.8. The SMILES string of the molecule is COC(=O)C1=CO[C@@H](O[C@@H]2O[C@H](CO)[C@@H](O)[C@H](O)[C@H]2O)[C@H]2C(C)=C[C@@H](O)[C@]12O. The minimum absolute atomic E-state index is 0.311. The Morgan fingerprint density at radius 2 is 1.86 bits per heavy atom. The number of methoxy groups -OCH3 is 1. The largest absolute Gasteiger partial charge is 0.471 e. The van der Waals surface area contributed by atoms with Gasteiger partial charge in [-0.05, 0) is 6.92 Å². The number of esters is 1. The van der Waals surface area contributed by atoms with Crippen LogP contribution in [0, 0.1) is 5.92 Å². The van der Waals surface area contributed by atoms with E-state index in [4.69, 9.17) is 14.2 Å². The molecule has 0 unspecified atom stereocenters. The van der Waals surface area contributed by atoms with Gasteiger partial charge in [-0.15, -0.1) is 0 Å². The fourth-order valence-corrected chi connectivity index (χ4v) is 3.81. The normalized spacial score (nSPS) is 45.6. The van der Waals surface area contributed by atoms with Crippen LogP contribution in [0.2, 0.25) is 0 Å². The molecule has 6 N–H and O–H groups in total. The summed E-state index contributed by atoms with van der Waals surface area (Å²) in [7, 11) is 1.11. The Labute approximate surface area is 160 Å². The topological polar surface area (TPSA) is 175 Å². The second-order valence-corrected chi connectivity index (χ2v) is 7.02. The second kappa shape index (κ2) is 7.69. The number of carbonyl (C=O) groups is 1. The van der Waals surface area contributed by atoms with Gasteiger partial charge in [0.1, 0.15) is 48.0 Å². The minimum Gasteiger partial charge on any atom is -0.471 e. The molecular formula is C17H24O11. The first-order valence-electron chi connectivity index (χ1n) is 8.65. The first kappa shape index (κ1) is 21.1. The molecule has 0 saturated carbocycles. The van der Waals surface area contributed by atoms with Crippen LogP contribution in [0.5, 0.6) is 0 Å². The average Bonchev–Trinajstić information content (AvgIpc) is 2.91. The van der Waals surface area contributed by atoms with E-state index in [1.54, 1.807) is 6.92 Å². The van der Waals surface area contributed by atoms with Crippen molar-refractivity contribution >= 4 is 5.97 Å². The van der Waals surface area contributed by atoms with Crippen LogP contribution in [0.3, 0.4) is 0 Å². The number of hydrogen-bond donors (Lipinski definition) is 6. The zero-order chi connectivity index (χ0) is 20.8. The molecule has 1 saturated heterocycles. The zero-order valence-corrected chi connectivity index (χ0v) is 15.2. The number of carbonyl (C=O) groups excluding carboxylic acids is 1. The summed E-state index contributed by atoms with van der Waals surface area (Å²) >= 11 is 0. The monoisotopic (exact) mass is 404 g/mol. The number of hydrogen-bond acceptors (Lipinski definition) is 11. The number of aliphatic hydroxyl groups excluding tert-OH is 5. The molecule has 0 radical (unpaired) electrons. The number of aliphatic hydroxyl groups is 6. The van der Waals surface area contributed by atoms with Crippen molar-refractivity contribution in [3.8, 4) is 0 Å². The number of rotatable bonds is 4. The lowest BCUT2D eigenvalue weighted by Crippen LogP contribution is -2.61. The molecule has 0 aromatic carbocycles. The standard InChI is InChI=1S/C17H24O11/c1-6-3-9(19)17(24)7(14(23)25-2)5-26-15(10(6)17)28-16-13(22)12(21)11(20)8(4-18)27-16/h3,5,8-13,15-16,18-22,24H,4H2,1-2H3/t8-,9-,10-,11-,12+,13-,15+,16+,17-/m1/s1. The predicted octanol–water partition coefficient (Wildman–Crippen LogP) is -3.12. The van der Waals surface area contributed by atoms with E-state index < -0.39 is 67.2 Å². The zero-order valence-electron chi connectivity index (χ0n) is 15.2. The molecule has 1 aliphatic carbocycles. The van der Waals surface area contributed by atoms with Gasteiger partial charge in [-0.25, -0.2) is 4.79 Å². The quantitative estimate of drug-likeness (QED) is 0.207. The van der Waals surface area contributed by atoms with Crippen molar-refractivity contribution in [2.45, 2.75) is 55.6 Å². The molecule has 0 aromatic heterocycles. The van der Waals surface area contributed by atoms with Gasteiger partial charge < -0.3 is 49.6 Å². The summed E-state index contributed by atoms with van der Waals surface area (Å²) in [5.74, 6) is -1.96. The summed E-state index contributed by atoms with van der Waals surface area (Å²) in [5.41, 5.74) is -1.97. The highest BCUT2D eigenvalue weighted by molar-refractivity contribution is 5.91. The van der Waals surface area contributed by atoms with Gasteiger partial charge in [0.05, 0.1) is 19.6 Å². The molecule has 3 rings (SSSR count). The predicted molar refractivity (Wildman–Crippen MR) is 88.0 cm³/mol. The Bertz CT molecular complexity index is 674. The fourth-order valence-electron chi connectivity index (χ4n) is 3.81. The van der Waals surface area contributed by atoms with Gasteiger partial charge in [-0.2, -0.15) is 0 Å². The van der Waals surface area contributed by atoms with Crippen molar-refractivity contribution in [2.24, 2.45) is 5.92 Å². The van der Waals surface area contributed by atoms with E-state index >= 15 is 0 Å². The third-order valence-electron chi connectivity index (χ3n) is 5.38. The smallest absolute Gasteiger partial charge is 0.339 e. The summed E-state index contributed by atoms with van der Waals surface area (Å²) in [6.45, 7) is 0.937. The summed E-state index contributed by atoms with van der Waals surface area (Å²) in [5, 5.41) is 60.6.